The van der Waals surface area contributed by atoms with Crippen molar-refractivity contribution in [2.45, 2.75) is 33.3 Å². The number of hydrogen-bond donors (Lipinski definition) is 1. The minimum atomic E-state index is -0.359. The van der Waals surface area contributed by atoms with E-state index in [1.165, 1.54) is 0 Å². The lowest BCUT2D eigenvalue weighted by Gasteiger charge is -2.13. The number of aryl methyl sites for hydroxylation is 1. The lowest BCUT2D eigenvalue weighted by Crippen LogP contribution is -2.35. The number of benzene rings is 1. The van der Waals surface area contributed by atoms with Crippen molar-refractivity contribution in [3.63, 3.8) is 0 Å². The first-order valence-corrected chi connectivity index (χ1v) is 7.27. The Kier molecular flexibility index (Phi) is 4.83. The highest BCUT2D eigenvalue weighted by Gasteiger charge is 2.32. The second kappa shape index (κ2) is 6.61. The molecule has 21 heavy (non-hydrogen) atoms. The molecule has 1 saturated heterocycles. The van der Waals surface area contributed by atoms with Gasteiger partial charge in [-0.15, -0.1) is 0 Å². The van der Waals surface area contributed by atoms with Crippen molar-refractivity contribution >= 4 is 17.7 Å². The van der Waals surface area contributed by atoms with E-state index in [0.717, 1.165) is 11.3 Å². The second-order valence-corrected chi connectivity index (χ2v) is 5.85. The third-order valence-electron chi connectivity index (χ3n) is 3.34. The molecule has 1 aliphatic rings. The first-order valence-electron chi connectivity index (χ1n) is 7.27. The fourth-order valence-electron chi connectivity index (χ4n) is 2.23. The molecule has 1 aromatic rings. The van der Waals surface area contributed by atoms with Gasteiger partial charge >= 0.3 is 6.09 Å². The van der Waals surface area contributed by atoms with Gasteiger partial charge in [-0.3, -0.25) is 9.69 Å². The fraction of sp³-hybridized carbons (Fsp3) is 0.500. The Morgan fingerprint density at radius 1 is 1.38 bits per heavy atom. The first-order chi connectivity index (χ1) is 9.95. The minimum absolute atomic E-state index is 0.00478. The van der Waals surface area contributed by atoms with Crippen LogP contribution in [0, 0.1) is 12.8 Å². The van der Waals surface area contributed by atoms with Crippen molar-refractivity contribution in [1.29, 1.82) is 0 Å². The molecule has 5 heteroatoms. The predicted octanol–water partition coefficient (Wildman–Crippen LogP) is 2.48. The maximum absolute atomic E-state index is 11.9. The number of ether oxygens (including phenoxy) is 1. The van der Waals surface area contributed by atoms with Gasteiger partial charge in [0.25, 0.3) is 0 Å². The van der Waals surface area contributed by atoms with Gasteiger partial charge in [-0.2, -0.15) is 0 Å². The topological polar surface area (TPSA) is 58.6 Å². The summed E-state index contributed by atoms with van der Waals surface area (Å²) in [6, 6.07) is 7.72. The summed E-state index contributed by atoms with van der Waals surface area (Å²) in [5.41, 5.74) is 1.96. The molecule has 1 heterocycles. The van der Waals surface area contributed by atoms with Crippen LogP contribution in [-0.4, -0.2) is 31.2 Å². The quantitative estimate of drug-likeness (QED) is 0.906. The van der Waals surface area contributed by atoms with Crippen LogP contribution >= 0.6 is 0 Å². The van der Waals surface area contributed by atoms with Gasteiger partial charge in [-0.05, 0) is 25.0 Å². The summed E-state index contributed by atoms with van der Waals surface area (Å²) in [6.07, 6.45) is -0.167. The Balaban J connectivity index is 1.88. The summed E-state index contributed by atoms with van der Waals surface area (Å²) in [4.78, 5) is 25.1. The van der Waals surface area contributed by atoms with E-state index in [0.29, 0.717) is 25.4 Å². The maximum atomic E-state index is 11.9. The van der Waals surface area contributed by atoms with Gasteiger partial charge in [-0.1, -0.05) is 31.5 Å². The van der Waals surface area contributed by atoms with Gasteiger partial charge in [-0.25, -0.2) is 4.79 Å². The lowest BCUT2D eigenvalue weighted by atomic mass is 10.1. The number of carbonyl (C=O) groups excluding carboxylic acids is 2. The Morgan fingerprint density at radius 2 is 2.05 bits per heavy atom. The van der Waals surface area contributed by atoms with E-state index in [4.69, 9.17) is 4.74 Å². The Morgan fingerprint density at radius 3 is 2.67 bits per heavy atom. The largest absolute Gasteiger partial charge is 0.442 e. The average molecular weight is 290 g/mol. The highest BCUT2D eigenvalue weighted by Crippen LogP contribution is 2.21. The van der Waals surface area contributed by atoms with E-state index in [1.54, 1.807) is 4.90 Å². The molecule has 1 fully saturated rings. The number of anilines is 1. The summed E-state index contributed by atoms with van der Waals surface area (Å²) in [5.74, 6) is 0.315. The van der Waals surface area contributed by atoms with Crippen LogP contribution in [0.1, 0.15) is 25.8 Å². The van der Waals surface area contributed by atoms with Crippen molar-refractivity contribution in [3.05, 3.63) is 29.8 Å². The molecule has 0 radical (unpaired) electrons. The third-order valence-corrected chi connectivity index (χ3v) is 3.34. The molecule has 0 unspecified atom stereocenters. The summed E-state index contributed by atoms with van der Waals surface area (Å²) < 4.78 is 5.29. The number of amides is 2. The zero-order valence-electron chi connectivity index (χ0n) is 12.8. The summed E-state index contributed by atoms with van der Waals surface area (Å²) in [5, 5.41) is 2.81. The zero-order valence-corrected chi connectivity index (χ0v) is 12.8. The summed E-state index contributed by atoms with van der Waals surface area (Å²) in [7, 11) is 0. The van der Waals surface area contributed by atoms with E-state index >= 15 is 0 Å². The average Bonchev–Trinajstić information content (AvgIpc) is 2.78. The van der Waals surface area contributed by atoms with Crippen LogP contribution < -0.4 is 10.2 Å². The summed E-state index contributed by atoms with van der Waals surface area (Å²) >= 11 is 0. The normalized spacial score (nSPS) is 18.0. The van der Waals surface area contributed by atoms with Crippen molar-refractivity contribution in [2.24, 2.45) is 5.92 Å². The van der Waals surface area contributed by atoms with Crippen LogP contribution in [0.5, 0.6) is 0 Å². The van der Waals surface area contributed by atoms with E-state index in [-0.39, 0.29) is 18.1 Å². The van der Waals surface area contributed by atoms with E-state index in [2.05, 4.69) is 5.32 Å². The van der Waals surface area contributed by atoms with Crippen LogP contribution in [-0.2, 0) is 9.53 Å². The molecule has 2 rings (SSSR count). The van der Waals surface area contributed by atoms with Crippen molar-refractivity contribution in [3.8, 4) is 0 Å². The van der Waals surface area contributed by atoms with E-state index in [1.807, 2.05) is 45.0 Å². The molecular weight excluding hydrogens is 268 g/mol. The van der Waals surface area contributed by atoms with Gasteiger partial charge in [0.15, 0.2) is 0 Å². The smallest absolute Gasteiger partial charge is 0.414 e. The summed E-state index contributed by atoms with van der Waals surface area (Å²) in [6.45, 7) is 6.81. The molecule has 0 bridgehead atoms. The van der Waals surface area contributed by atoms with Gasteiger partial charge in [0.05, 0.1) is 13.1 Å². The second-order valence-electron chi connectivity index (χ2n) is 5.85. The van der Waals surface area contributed by atoms with Crippen molar-refractivity contribution in [2.75, 3.05) is 18.0 Å². The molecule has 114 valence electrons. The number of cyclic esters (lactones) is 1. The number of carbonyl (C=O) groups is 2. The number of rotatable bonds is 5. The molecule has 0 aliphatic carbocycles. The molecule has 1 aromatic carbocycles. The van der Waals surface area contributed by atoms with Crippen molar-refractivity contribution < 1.29 is 14.3 Å². The Bertz CT molecular complexity index is 511. The van der Waals surface area contributed by atoms with Crippen LogP contribution in [0.25, 0.3) is 0 Å². The number of nitrogens with one attached hydrogen (secondary N) is 1. The maximum Gasteiger partial charge on any atom is 0.414 e. The molecule has 0 spiro atoms. The lowest BCUT2D eigenvalue weighted by molar-refractivity contribution is -0.122. The number of hydrogen-bond acceptors (Lipinski definition) is 3. The van der Waals surface area contributed by atoms with Crippen LogP contribution in [0.2, 0.25) is 0 Å². The first kappa shape index (κ1) is 15.4. The van der Waals surface area contributed by atoms with Gasteiger partial charge < -0.3 is 10.1 Å². The molecule has 5 nitrogen and oxygen atoms in total. The number of nitrogens with zero attached hydrogens (tertiary/aromatic N) is 1. The molecule has 1 atom stereocenters. The SMILES string of the molecule is Cc1ccc(N2C[C@@H](CNC(=O)CC(C)C)OC2=O)cc1. The Hall–Kier alpha value is -2.04. The van der Waals surface area contributed by atoms with E-state index in [9.17, 15) is 9.59 Å². The van der Waals surface area contributed by atoms with Crippen LogP contribution in [0.15, 0.2) is 24.3 Å². The zero-order chi connectivity index (χ0) is 15.4. The van der Waals surface area contributed by atoms with Crippen molar-refractivity contribution in [1.82, 2.24) is 5.32 Å². The van der Waals surface area contributed by atoms with E-state index < -0.39 is 0 Å². The van der Waals surface area contributed by atoms with Gasteiger partial charge in [0.1, 0.15) is 6.10 Å². The predicted molar refractivity (Wildman–Crippen MR) is 81.3 cm³/mol. The molecule has 0 aromatic heterocycles. The molecule has 2 amide bonds. The fourth-order valence-corrected chi connectivity index (χ4v) is 2.23. The Labute approximate surface area is 125 Å². The molecule has 0 saturated carbocycles. The molecule has 1 N–H and O–H groups in total. The minimum Gasteiger partial charge on any atom is -0.442 e. The standard InChI is InChI=1S/C16H22N2O3/c1-11(2)8-15(19)17-9-14-10-18(16(20)21-14)13-6-4-12(3)5-7-13/h4-7,11,14H,8-10H2,1-3H3,(H,17,19)/t14-/m1/s1. The van der Waals surface area contributed by atoms with Gasteiger partial charge in [0.2, 0.25) is 5.91 Å². The van der Waals surface area contributed by atoms with Crippen LogP contribution in [0.4, 0.5) is 10.5 Å². The van der Waals surface area contributed by atoms with Gasteiger partial charge in [0, 0.05) is 12.1 Å². The highest BCUT2D eigenvalue weighted by molar-refractivity contribution is 5.89. The molecular formula is C16H22N2O3. The molecule has 1 aliphatic heterocycles. The van der Waals surface area contributed by atoms with Crippen LogP contribution in [0.3, 0.4) is 0 Å². The highest BCUT2D eigenvalue weighted by atomic mass is 16.6. The monoisotopic (exact) mass is 290 g/mol. The third kappa shape index (κ3) is 4.21.